The van der Waals surface area contributed by atoms with E-state index in [0.29, 0.717) is 0 Å². The van der Waals surface area contributed by atoms with Crippen molar-refractivity contribution in [1.29, 1.82) is 0 Å². The van der Waals surface area contributed by atoms with Gasteiger partial charge in [0.15, 0.2) is 0 Å². The molecule has 0 nitrogen and oxygen atoms in total. The van der Waals surface area contributed by atoms with Crippen LogP contribution in [-0.2, 0) is 17.3 Å². The Morgan fingerprint density at radius 3 is 2.55 bits per heavy atom. The largest absolute Gasteiger partial charge is 0.168 e. The smallest absolute Gasteiger partial charge is 0.0809 e. The molecule has 0 aliphatic carbocycles. The van der Waals surface area contributed by atoms with E-state index in [-0.39, 0.29) is 0 Å². The molecule has 0 atom stereocenters. The van der Waals surface area contributed by atoms with Crippen LogP contribution in [0.1, 0.15) is 0 Å². The molecule has 0 bridgehead atoms. The van der Waals surface area contributed by atoms with Crippen molar-refractivity contribution in [1.82, 2.24) is 0 Å². The normalized spacial score (nSPS) is 8.91. The van der Waals surface area contributed by atoms with Crippen LogP contribution in [0.25, 0.3) is 10.8 Å². The van der Waals surface area contributed by atoms with Gasteiger partial charge < -0.3 is 0 Å². The van der Waals surface area contributed by atoms with E-state index in [1.165, 1.54) is 10.8 Å². The van der Waals surface area contributed by atoms with E-state index in [1.807, 2.05) is 17.3 Å². The van der Waals surface area contributed by atoms with Gasteiger partial charge in [-0.05, 0) is 0 Å². The fourth-order valence-corrected chi connectivity index (χ4v) is 1.07. The van der Waals surface area contributed by atoms with Gasteiger partial charge in [-0.25, -0.2) is 0 Å². The van der Waals surface area contributed by atoms with Crippen molar-refractivity contribution in [3.05, 3.63) is 42.5 Å². The molecule has 0 spiro atoms. The molecule has 0 fully saturated rings. The maximum atomic E-state index is 4.57. The van der Waals surface area contributed by atoms with E-state index < -0.39 is 0 Å². The first-order valence-corrected chi connectivity index (χ1v) is 5.44. The number of hydrogen-bond donors (Lipinski definition) is 0. The van der Waals surface area contributed by atoms with Gasteiger partial charge in [0, 0.05) is 0 Å². The summed E-state index contributed by atoms with van der Waals surface area (Å²) in [5, 5.41) is 2.66. The SMILES string of the molecule is [Cl][Ru+].c1ccc2[cH-]ccc2c1. The number of benzene rings is 1. The number of fused-ring (bicyclic) bond motifs is 1. The van der Waals surface area contributed by atoms with Crippen molar-refractivity contribution < 1.29 is 17.3 Å². The summed E-state index contributed by atoms with van der Waals surface area (Å²) >= 11 is 1.82. The Bertz CT molecular complexity index is 284. The molecule has 2 aromatic carbocycles. The minimum absolute atomic E-state index is 1.33. The third-order valence-corrected chi connectivity index (χ3v) is 1.55. The quantitative estimate of drug-likeness (QED) is 0.498. The summed E-state index contributed by atoms with van der Waals surface area (Å²) in [6.45, 7) is 0. The Labute approximate surface area is 80.3 Å². The molecule has 0 heterocycles. The predicted octanol–water partition coefficient (Wildman–Crippen LogP) is 3.25. The van der Waals surface area contributed by atoms with E-state index in [1.54, 1.807) is 0 Å². The van der Waals surface area contributed by atoms with E-state index in [0.717, 1.165) is 0 Å². The first-order valence-electron chi connectivity index (χ1n) is 3.20. The maximum Gasteiger partial charge on any atom is -0.0809 e. The fourth-order valence-electron chi connectivity index (χ4n) is 1.07. The summed E-state index contributed by atoms with van der Waals surface area (Å²) in [7, 11) is 4.57. The van der Waals surface area contributed by atoms with Crippen LogP contribution in [0.3, 0.4) is 0 Å². The molecule has 2 aromatic rings. The standard InChI is InChI=1S/C9H7.ClH.Ru/c1-2-5-9-7-3-6-8(9)4-1;;/h1-7H;1H;/q-1;;+2/p-1. The average Bonchev–Trinajstić information content (AvgIpc) is 2.55. The van der Waals surface area contributed by atoms with E-state index >= 15 is 0 Å². The third-order valence-electron chi connectivity index (χ3n) is 1.55. The Morgan fingerprint density at radius 2 is 1.82 bits per heavy atom. The van der Waals surface area contributed by atoms with Gasteiger partial charge in [-0.3, -0.25) is 0 Å². The molecule has 58 valence electrons. The van der Waals surface area contributed by atoms with Gasteiger partial charge in [0.05, 0.1) is 0 Å². The molecule has 0 aliphatic rings. The monoisotopic (exact) mass is 252 g/mol. The number of halogens is 1. The van der Waals surface area contributed by atoms with Crippen LogP contribution >= 0.6 is 9.69 Å². The molecule has 0 saturated heterocycles. The topological polar surface area (TPSA) is 0 Å². The molecular weight excluding hydrogens is 245 g/mol. The molecule has 0 saturated carbocycles. The van der Waals surface area contributed by atoms with Crippen LogP contribution in [0.4, 0.5) is 0 Å². The van der Waals surface area contributed by atoms with E-state index in [4.69, 9.17) is 0 Å². The summed E-state index contributed by atoms with van der Waals surface area (Å²) < 4.78 is 0. The zero-order chi connectivity index (χ0) is 8.10. The van der Waals surface area contributed by atoms with Gasteiger partial charge in [0.2, 0.25) is 0 Å². The molecule has 0 amide bonds. The zero-order valence-corrected chi connectivity index (χ0v) is 8.27. The van der Waals surface area contributed by atoms with Crippen LogP contribution < -0.4 is 0 Å². The molecule has 11 heavy (non-hydrogen) atoms. The summed E-state index contributed by atoms with van der Waals surface area (Å²) in [6.07, 6.45) is 0. The minimum Gasteiger partial charge on any atom is -0.168 e. The van der Waals surface area contributed by atoms with Crippen LogP contribution in [0, 0.1) is 0 Å². The summed E-state index contributed by atoms with van der Waals surface area (Å²) in [5.74, 6) is 0. The Kier molecular flexibility index (Phi) is 3.68. The summed E-state index contributed by atoms with van der Waals surface area (Å²) in [5.41, 5.74) is 0. The van der Waals surface area contributed by atoms with Crippen molar-refractivity contribution in [2.45, 2.75) is 0 Å². The van der Waals surface area contributed by atoms with Gasteiger partial charge >= 0.3 is 27.0 Å². The van der Waals surface area contributed by atoms with Crippen LogP contribution in [0.2, 0.25) is 0 Å². The van der Waals surface area contributed by atoms with E-state index in [2.05, 4.69) is 52.2 Å². The Hall–Kier alpha value is -0.257. The Balaban J connectivity index is 0.000000281. The molecular formula is C9H7ClRu. The minimum atomic E-state index is 1.33. The molecule has 2 rings (SSSR count). The van der Waals surface area contributed by atoms with Gasteiger partial charge in [-0.15, -0.1) is 29.7 Å². The second kappa shape index (κ2) is 4.59. The second-order valence-corrected chi connectivity index (χ2v) is 2.15. The van der Waals surface area contributed by atoms with Crippen molar-refractivity contribution >= 4 is 20.5 Å². The first kappa shape index (κ1) is 8.84. The number of rotatable bonds is 0. The first-order chi connectivity index (χ1) is 5.47. The average molecular weight is 252 g/mol. The molecule has 0 N–H and O–H groups in total. The third kappa shape index (κ3) is 2.08. The molecule has 0 aliphatic heterocycles. The summed E-state index contributed by atoms with van der Waals surface area (Å²) in [6, 6.07) is 14.7. The number of hydrogen-bond acceptors (Lipinski definition) is 0. The second-order valence-electron chi connectivity index (χ2n) is 2.15. The van der Waals surface area contributed by atoms with Crippen LogP contribution in [0.15, 0.2) is 42.5 Å². The van der Waals surface area contributed by atoms with Gasteiger partial charge in [0.1, 0.15) is 0 Å². The molecule has 0 unspecified atom stereocenters. The van der Waals surface area contributed by atoms with Crippen molar-refractivity contribution in [3.8, 4) is 0 Å². The van der Waals surface area contributed by atoms with E-state index in [9.17, 15) is 0 Å². The summed E-state index contributed by atoms with van der Waals surface area (Å²) in [4.78, 5) is 0. The van der Waals surface area contributed by atoms with Crippen molar-refractivity contribution in [2.75, 3.05) is 0 Å². The van der Waals surface area contributed by atoms with Crippen LogP contribution in [-0.4, -0.2) is 0 Å². The molecule has 0 radical (unpaired) electrons. The molecule has 0 aromatic heterocycles. The molecule has 2 heteroatoms. The fraction of sp³-hybridized carbons (Fsp3) is 0. The predicted molar refractivity (Wildman–Crippen MR) is 45.4 cm³/mol. The van der Waals surface area contributed by atoms with Crippen molar-refractivity contribution in [2.24, 2.45) is 0 Å². The van der Waals surface area contributed by atoms with Gasteiger partial charge in [0.25, 0.3) is 0 Å². The zero-order valence-electron chi connectivity index (χ0n) is 5.77. The van der Waals surface area contributed by atoms with Crippen LogP contribution in [0.5, 0.6) is 0 Å². The van der Waals surface area contributed by atoms with Gasteiger partial charge in [-0.2, -0.15) is 17.5 Å². The maximum absolute atomic E-state index is 4.57. The van der Waals surface area contributed by atoms with Gasteiger partial charge in [-0.1, -0.05) is 6.07 Å². The van der Waals surface area contributed by atoms with Crippen molar-refractivity contribution in [3.63, 3.8) is 0 Å². The Morgan fingerprint density at radius 1 is 1.09 bits per heavy atom.